The van der Waals surface area contributed by atoms with E-state index in [2.05, 4.69) is 5.32 Å². The van der Waals surface area contributed by atoms with Crippen LogP contribution in [0.1, 0.15) is 6.92 Å². The molecule has 0 rings (SSSR count). The topological polar surface area (TPSA) is 38.0 Å². The highest BCUT2D eigenvalue weighted by molar-refractivity contribution is 5.15. The van der Waals surface area contributed by atoms with E-state index in [-0.39, 0.29) is 0 Å². The summed E-state index contributed by atoms with van der Waals surface area (Å²) in [5.74, 6) is 0. The molecule has 2 heteroatoms. The van der Waals surface area contributed by atoms with Crippen LogP contribution < -0.4 is 11.1 Å². The van der Waals surface area contributed by atoms with Crippen LogP contribution in [0.4, 0.5) is 0 Å². The lowest BCUT2D eigenvalue weighted by atomic mass is 10.3. The molecule has 0 unspecified atom stereocenters. The van der Waals surface area contributed by atoms with Gasteiger partial charge in [-0.15, -0.1) is 0 Å². The van der Waals surface area contributed by atoms with Gasteiger partial charge in [-0.1, -0.05) is 11.6 Å². The summed E-state index contributed by atoms with van der Waals surface area (Å²) in [5.41, 5.74) is 6.46. The monoisotopic (exact) mass is 126 g/mol. The predicted octanol–water partition coefficient (Wildman–Crippen LogP) is 0.625. The first-order valence-electron chi connectivity index (χ1n) is 3.02. The first-order chi connectivity index (χ1) is 4.31. The van der Waals surface area contributed by atoms with E-state index in [9.17, 15) is 0 Å². The fourth-order valence-corrected chi connectivity index (χ4v) is 0.469. The van der Waals surface area contributed by atoms with Gasteiger partial charge in [0.05, 0.1) is 0 Å². The van der Waals surface area contributed by atoms with Crippen molar-refractivity contribution in [1.82, 2.24) is 5.32 Å². The number of hydrogen-bond donors (Lipinski definition) is 2. The first-order valence-corrected chi connectivity index (χ1v) is 3.02. The molecule has 0 bridgehead atoms. The standard InChI is InChI=1S/C7H14N2/c1-7(3-5-8)4-6-9-2/h3-4,6,9H,5,8H2,1-2H3/b6-4-,7-3-. The summed E-state index contributed by atoms with van der Waals surface area (Å²) in [6.07, 6.45) is 5.82. The summed E-state index contributed by atoms with van der Waals surface area (Å²) >= 11 is 0. The van der Waals surface area contributed by atoms with Gasteiger partial charge >= 0.3 is 0 Å². The van der Waals surface area contributed by atoms with Crippen molar-refractivity contribution in [3.05, 3.63) is 23.9 Å². The smallest absolute Gasteiger partial charge is 0.0112 e. The van der Waals surface area contributed by atoms with Crippen LogP contribution in [0.5, 0.6) is 0 Å². The third-order valence-electron chi connectivity index (χ3n) is 0.953. The highest BCUT2D eigenvalue weighted by atomic mass is 14.8. The van der Waals surface area contributed by atoms with Gasteiger partial charge in [0.15, 0.2) is 0 Å². The van der Waals surface area contributed by atoms with E-state index in [1.165, 1.54) is 5.57 Å². The number of nitrogens with two attached hydrogens (primary N) is 1. The predicted molar refractivity (Wildman–Crippen MR) is 41.0 cm³/mol. The van der Waals surface area contributed by atoms with Crippen LogP contribution in [0.25, 0.3) is 0 Å². The molecule has 0 aliphatic carbocycles. The highest BCUT2D eigenvalue weighted by Gasteiger charge is 1.75. The molecule has 0 saturated heterocycles. The van der Waals surface area contributed by atoms with Crippen molar-refractivity contribution in [2.24, 2.45) is 5.73 Å². The summed E-state index contributed by atoms with van der Waals surface area (Å²) < 4.78 is 0. The molecule has 0 saturated carbocycles. The fraction of sp³-hybridized carbons (Fsp3) is 0.429. The van der Waals surface area contributed by atoms with Gasteiger partial charge in [0.1, 0.15) is 0 Å². The molecule has 3 N–H and O–H groups in total. The Balaban J connectivity index is 3.60. The van der Waals surface area contributed by atoms with E-state index < -0.39 is 0 Å². The molecule has 0 aromatic carbocycles. The third-order valence-corrected chi connectivity index (χ3v) is 0.953. The molecular formula is C7H14N2. The first kappa shape index (κ1) is 8.24. The number of nitrogens with one attached hydrogen (secondary N) is 1. The quantitative estimate of drug-likeness (QED) is 0.544. The van der Waals surface area contributed by atoms with Gasteiger partial charge < -0.3 is 11.1 Å². The van der Waals surface area contributed by atoms with Gasteiger partial charge in [-0.05, 0) is 19.2 Å². The molecule has 9 heavy (non-hydrogen) atoms. The minimum absolute atomic E-state index is 0.611. The van der Waals surface area contributed by atoms with Crippen molar-refractivity contribution in [3.8, 4) is 0 Å². The SMILES string of the molecule is CN/C=C\C(C)=C/CN. The van der Waals surface area contributed by atoms with Gasteiger partial charge in [-0.3, -0.25) is 0 Å². The van der Waals surface area contributed by atoms with E-state index in [1.807, 2.05) is 32.3 Å². The largest absolute Gasteiger partial charge is 0.394 e. The van der Waals surface area contributed by atoms with Crippen LogP contribution in [-0.4, -0.2) is 13.6 Å². The van der Waals surface area contributed by atoms with E-state index in [4.69, 9.17) is 5.73 Å². The van der Waals surface area contributed by atoms with Crippen LogP contribution in [-0.2, 0) is 0 Å². The Labute approximate surface area is 56.4 Å². The molecule has 0 aromatic heterocycles. The molecule has 0 radical (unpaired) electrons. The Kier molecular flexibility index (Phi) is 4.92. The van der Waals surface area contributed by atoms with Crippen molar-refractivity contribution in [3.63, 3.8) is 0 Å². The molecule has 0 atom stereocenters. The summed E-state index contributed by atoms with van der Waals surface area (Å²) in [7, 11) is 1.87. The van der Waals surface area contributed by atoms with E-state index in [1.54, 1.807) is 0 Å². The van der Waals surface area contributed by atoms with Gasteiger partial charge in [-0.2, -0.15) is 0 Å². The average Bonchev–Trinajstić information content (AvgIpc) is 1.85. The zero-order chi connectivity index (χ0) is 7.11. The summed E-state index contributed by atoms with van der Waals surface area (Å²) in [4.78, 5) is 0. The van der Waals surface area contributed by atoms with Crippen LogP contribution >= 0.6 is 0 Å². The minimum Gasteiger partial charge on any atom is -0.394 e. The lowest BCUT2D eigenvalue weighted by molar-refractivity contribution is 1.10. The highest BCUT2D eigenvalue weighted by Crippen LogP contribution is 1.90. The Morgan fingerprint density at radius 2 is 2.33 bits per heavy atom. The average molecular weight is 126 g/mol. The number of rotatable bonds is 3. The maximum atomic E-state index is 5.27. The van der Waals surface area contributed by atoms with Crippen molar-refractivity contribution in [1.29, 1.82) is 0 Å². The molecule has 52 valence electrons. The maximum absolute atomic E-state index is 5.27. The summed E-state index contributed by atoms with van der Waals surface area (Å²) in [6, 6.07) is 0. The van der Waals surface area contributed by atoms with Gasteiger partial charge in [0.2, 0.25) is 0 Å². The number of allylic oxidation sites excluding steroid dienone is 2. The molecule has 0 aliphatic heterocycles. The second-order valence-electron chi connectivity index (χ2n) is 1.81. The molecule has 2 nitrogen and oxygen atoms in total. The summed E-state index contributed by atoms with van der Waals surface area (Å²) in [6.45, 7) is 2.63. The van der Waals surface area contributed by atoms with E-state index in [0.717, 1.165) is 0 Å². The number of hydrogen-bond acceptors (Lipinski definition) is 2. The molecular weight excluding hydrogens is 112 g/mol. The van der Waals surface area contributed by atoms with Gasteiger partial charge in [0, 0.05) is 13.6 Å². The third kappa shape index (κ3) is 5.11. The second-order valence-corrected chi connectivity index (χ2v) is 1.81. The maximum Gasteiger partial charge on any atom is 0.0112 e. The van der Waals surface area contributed by atoms with E-state index in [0.29, 0.717) is 6.54 Å². The summed E-state index contributed by atoms with van der Waals surface area (Å²) in [5, 5.41) is 2.89. The Morgan fingerprint density at radius 1 is 1.67 bits per heavy atom. The van der Waals surface area contributed by atoms with Crippen LogP contribution in [0.3, 0.4) is 0 Å². The van der Waals surface area contributed by atoms with Crippen LogP contribution in [0.2, 0.25) is 0 Å². The molecule has 0 aromatic rings. The molecule has 0 fully saturated rings. The second kappa shape index (κ2) is 5.38. The van der Waals surface area contributed by atoms with E-state index >= 15 is 0 Å². The fourth-order valence-electron chi connectivity index (χ4n) is 0.469. The van der Waals surface area contributed by atoms with Gasteiger partial charge in [0.25, 0.3) is 0 Å². The van der Waals surface area contributed by atoms with Crippen molar-refractivity contribution in [2.75, 3.05) is 13.6 Å². The zero-order valence-corrected chi connectivity index (χ0v) is 6.02. The lowest BCUT2D eigenvalue weighted by Gasteiger charge is -1.88. The molecule has 0 spiro atoms. The van der Waals surface area contributed by atoms with Crippen molar-refractivity contribution >= 4 is 0 Å². The van der Waals surface area contributed by atoms with Crippen LogP contribution in [0.15, 0.2) is 23.9 Å². The molecule has 0 amide bonds. The van der Waals surface area contributed by atoms with Crippen molar-refractivity contribution in [2.45, 2.75) is 6.92 Å². The van der Waals surface area contributed by atoms with Crippen molar-refractivity contribution < 1.29 is 0 Å². The zero-order valence-electron chi connectivity index (χ0n) is 6.02. The Hall–Kier alpha value is -0.760. The molecule has 0 heterocycles. The molecule has 0 aliphatic rings. The van der Waals surface area contributed by atoms with Crippen LogP contribution in [0, 0.1) is 0 Å². The Bertz CT molecular complexity index is 114. The lowest BCUT2D eigenvalue weighted by Crippen LogP contribution is -1.95. The van der Waals surface area contributed by atoms with Gasteiger partial charge in [-0.25, -0.2) is 0 Å². The Morgan fingerprint density at radius 3 is 2.78 bits per heavy atom. The minimum atomic E-state index is 0.611. The normalized spacial score (nSPS) is 12.6.